The van der Waals surface area contributed by atoms with Gasteiger partial charge in [-0.25, -0.2) is 4.98 Å². The Balaban J connectivity index is 1.95. The molecule has 0 spiro atoms. The van der Waals surface area contributed by atoms with Gasteiger partial charge in [-0.05, 0) is 54.6 Å². The monoisotopic (exact) mass is 505 g/mol. The van der Waals surface area contributed by atoms with E-state index in [1.807, 2.05) is 12.1 Å². The van der Waals surface area contributed by atoms with Crippen molar-refractivity contribution in [2.75, 3.05) is 17.7 Å². The van der Waals surface area contributed by atoms with Crippen LogP contribution in [0.2, 0.25) is 0 Å². The summed E-state index contributed by atoms with van der Waals surface area (Å²) in [5, 5.41) is 17.0. The van der Waals surface area contributed by atoms with E-state index >= 15 is 0 Å². The van der Waals surface area contributed by atoms with Gasteiger partial charge in [-0.3, -0.25) is 4.79 Å². The molecule has 28 heavy (non-hydrogen) atoms. The molecule has 3 rings (SSSR count). The molecule has 0 fully saturated rings. The van der Waals surface area contributed by atoms with Crippen LogP contribution in [0.5, 0.6) is 5.88 Å². The van der Waals surface area contributed by atoms with Gasteiger partial charge in [0.2, 0.25) is 11.6 Å². The Bertz CT molecular complexity index is 948. The lowest BCUT2D eigenvalue weighted by Gasteiger charge is -2.29. The molecule has 3 N–H and O–H groups in total. The summed E-state index contributed by atoms with van der Waals surface area (Å²) in [7, 11) is 1.49. The summed E-state index contributed by atoms with van der Waals surface area (Å²) in [5.41, 5.74) is -0.677. The molecule has 1 heterocycles. The summed E-state index contributed by atoms with van der Waals surface area (Å²) in [5.74, 6) is -0.271. The third-order valence-corrected chi connectivity index (χ3v) is 5.02. The molecule has 0 saturated carbocycles. The Morgan fingerprint density at radius 3 is 2.04 bits per heavy atom. The van der Waals surface area contributed by atoms with Crippen molar-refractivity contribution in [3.8, 4) is 5.88 Å². The van der Waals surface area contributed by atoms with Gasteiger partial charge in [-0.2, -0.15) is 0 Å². The molecular weight excluding hydrogens is 490 g/mol. The molecule has 2 aromatic carbocycles. The van der Waals surface area contributed by atoms with E-state index in [9.17, 15) is 9.90 Å². The van der Waals surface area contributed by atoms with E-state index < -0.39 is 11.6 Å². The fraction of sp³-hybridized carbons (Fsp3) is 0.100. The van der Waals surface area contributed by atoms with Gasteiger partial charge in [0.1, 0.15) is 0 Å². The fourth-order valence-electron chi connectivity index (χ4n) is 2.47. The van der Waals surface area contributed by atoms with Crippen LogP contribution in [0.15, 0.2) is 75.8 Å². The van der Waals surface area contributed by atoms with Crippen molar-refractivity contribution >= 4 is 49.1 Å². The van der Waals surface area contributed by atoms with Crippen LogP contribution >= 0.6 is 31.9 Å². The average Bonchev–Trinajstić information content (AvgIpc) is 2.71. The Kier molecular flexibility index (Phi) is 6.33. The smallest absolute Gasteiger partial charge is 0.282 e. The topological polar surface area (TPSA) is 83.5 Å². The number of hydrogen-bond donors (Lipinski definition) is 3. The molecule has 1 aromatic heterocycles. The zero-order valence-electron chi connectivity index (χ0n) is 14.8. The van der Waals surface area contributed by atoms with E-state index in [1.165, 1.54) is 13.3 Å². The van der Waals surface area contributed by atoms with E-state index in [1.54, 1.807) is 48.5 Å². The van der Waals surface area contributed by atoms with Gasteiger partial charge in [0.05, 0.1) is 7.11 Å². The molecule has 0 aliphatic heterocycles. The minimum absolute atomic E-state index is 0.269. The van der Waals surface area contributed by atoms with Gasteiger partial charge < -0.3 is 20.5 Å². The zero-order chi connectivity index (χ0) is 20.1. The average molecular weight is 507 g/mol. The molecule has 1 unspecified atom stereocenters. The SMILES string of the molecule is COc1ccc(C(O)(Nc2ccc(Br)cc2)C(=O)Nc2ccc(Br)cc2)cn1. The number of rotatable bonds is 6. The lowest BCUT2D eigenvalue weighted by molar-refractivity contribution is -0.132. The van der Waals surface area contributed by atoms with Gasteiger partial charge in [-0.1, -0.05) is 31.9 Å². The van der Waals surface area contributed by atoms with Crippen molar-refractivity contribution in [2.24, 2.45) is 0 Å². The summed E-state index contributed by atoms with van der Waals surface area (Å²) >= 11 is 6.72. The van der Waals surface area contributed by atoms with Crippen molar-refractivity contribution in [3.05, 3.63) is 81.4 Å². The van der Waals surface area contributed by atoms with Crippen LogP contribution < -0.4 is 15.4 Å². The van der Waals surface area contributed by atoms with E-state index in [4.69, 9.17) is 4.74 Å². The van der Waals surface area contributed by atoms with Gasteiger partial charge >= 0.3 is 0 Å². The molecule has 0 bridgehead atoms. The zero-order valence-corrected chi connectivity index (χ0v) is 18.0. The molecular formula is C20H17Br2N3O3. The molecule has 0 aliphatic carbocycles. The predicted octanol–water partition coefficient (Wildman–Crippen LogP) is 4.51. The highest BCUT2D eigenvalue weighted by molar-refractivity contribution is 9.10. The second-order valence-corrected chi connectivity index (χ2v) is 7.72. The van der Waals surface area contributed by atoms with Crippen molar-refractivity contribution in [1.82, 2.24) is 4.98 Å². The first-order chi connectivity index (χ1) is 13.4. The number of hydrogen-bond acceptors (Lipinski definition) is 5. The lowest BCUT2D eigenvalue weighted by Crippen LogP contribution is -2.47. The van der Waals surface area contributed by atoms with Crippen molar-refractivity contribution in [1.29, 1.82) is 0 Å². The highest BCUT2D eigenvalue weighted by Gasteiger charge is 2.39. The third-order valence-electron chi connectivity index (χ3n) is 3.96. The Hall–Kier alpha value is -2.42. The second-order valence-electron chi connectivity index (χ2n) is 5.89. The molecule has 6 nitrogen and oxygen atoms in total. The number of ether oxygens (including phenoxy) is 1. The molecule has 3 aromatic rings. The van der Waals surface area contributed by atoms with Crippen molar-refractivity contribution < 1.29 is 14.6 Å². The van der Waals surface area contributed by atoms with E-state index in [0.29, 0.717) is 17.3 Å². The Labute approximate surface area is 179 Å². The van der Waals surface area contributed by atoms with Crippen LogP contribution in [-0.2, 0) is 10.5 Å². The summed E-state index contributed by atoms with van der Waals surface area (Å²) < 4.78 is 6.82. The molecule has 144 valence electrons. The first-order valence-electron chi connectivity index (χ1n) is 8.24. The number of aromatic nitrogens is 1. The fourth-order valence-corrected chi connectivity index (χ4v) is 3.00. The van der Waals surface area contributed by atoms with E-state index in [0.717, 1.165) is 8.95 Å². The summed E-state index contributed by atoms with van der Waals surface area (Å²) in [6, 6.07) is 17.3. The van der Waals surface area contributed by atoms with Crippen molar-refractivity contribution in [2.45, 2.75) is 5.72 Å². The number of nitrogens with zero attached hydrogens (tertiary/aromatic N) is 1. The number of pyridine rings is 1. The number of carbonyl (C=O) groups is 1. The molecule has 0 saturated heterocycles. The highest BCUT2D eigenvalue weighted by Crippen LogP contribution is 2.27. The van der Waals surface area contributed by atoms with Crippen LogP contribution in [0.1, 0.15) is 5.56 Å². The number of carbonyl (C=O) groups excluding carboxylic acids is 1. The normalized spacial score (nSPS) is 12.7. The maximum Gasteiger partial charge on any atom is 0.282 e. The van der Waals surface area contributed by atoms with Crippen LogP contribution in [0.25, 0.3) is 0 Å². The molecule has 0 aliphatic rings. The van der Waals surface area contributed by atoms with Crippen molar-refractivity contribution in [3.63, 3.8) is 0 Å². The number of aliphatic hydroxyl groups is 1. The summed E-state index contributed by atoms with van der Waals surface area (Å²) in [4.78, 5) is 17.1. The third kappa shape index (κ3) is 4.70. The molecule has 0 radical (unpaired) electrons. The van der Waals surface area contributed by atoms with Crippen LogP contribution in [0.4, 0.5) is 11.4 Å². The molecule has 8 heteroatoms. The number of amides is 1. The van der Waals surface area contributed by atoms with Crippen LogP contribution in [-0.4, -0.2) is 23.1 Å². The largest absolute Gasteiger partial charge is 0.481 e. The number of methoxy groups -OCH3 is 1. The predicted molar refractivity (Wildman–Crippen MR) is 115 cm³/mol. The maximum absolute atomic E-state index is 13.0. The van der Waals surface area contributed by atoms with Crippen LogP contribution in [0, 0.1) is 0 Å². The second kappa shape index (κ2) is 8.72. The molecule has 1 atom stereocenters. The first kappa shape index (κ1) is 20.3. The Morgan fingerprint density at radius 2 is 1.54 bits per heavy atom. The van der Waals surface area contributed by atoms with Gasteiger partial charge in [0.15, 0.2) is 0 Å². The number of nitrogens with one attached hydrogen (secondary N) is 2. The summed E-state index contributed by atoms with van der Waals surface area (Å²) in [6.07, 6.45) is 1.39. The quantitative estimate of drug-likeness (QED) is 0.428. The number of benzene rings is 2. The minimum atomic E-state index is -2.06. The van der Waals surface area contributed by atoms with E-state index in [-0.39, 0.29) is 5.56 Å². The number of anilines is 2. The Morgan fingerprint density at radius 1 is 0.964 bits per heavy atom. The highest BCUT2D eigenvalue weighted by atomic mass is 79.9. The first-order valence-corrected chi connectivity index (χ1v) is 9.83. The van der Waals surface area contributed by atoms with Gasteiger partial charge in [0.25, 0.3) is 5.91 Å². The minimum Gasteiger partial charge on any atom is -0.481 e. The number of halogens is 2. The lowest BCUT2D eigenvalue weighted by atomic mass is 10.0. The van der Waals surface area contributed by atoms with Crippen LogP contribution in [0.3, 0.4) is 0 Å². The molecule has 1 amide bonds. The summed E-state index contributed by atoms with van der Waals surface area (Å²) in [6.45, 7) is 0. The van der Waals surface area contributed by atoms with Gasteiger partial charge in [0, 0.05) is 38.1 Å². The maximum atomic E-state index is 13.0. The van der Waals surface area contributed by atoms with E-state index in [2.05, 4.69) is 47.5 Å². The van der Waals surface area contributed by atoms with Gasteiger partial charge in [-0.15, -0.1) is 0 Å². The standard InChI is InChI=1S/C20H17Br2N3O3/c1-28-18-11-2-13(12-23-18)20(27,25-17-9-5-15(22)6-10-17)19(26)24-16-7-3-14(21)4-8-16/h2-12,25,27H,1H3,(H,24,26).